The molecule has 0 radical (unpaired) electrons. The van der Waals surface area contributed by atoms with Gasteiger partial charge in [0.15, 0.2) is 0 Å². The third-order valence-corrected chi connectivity index (χ3v) is 3.19. The van der Waals surface area contributed by atoms with Crippen LogP contribution in [0.3, 0.4) is 0 Å². The van der Waals surface area contributed by atoms with E-state index in [9.17, 15) is 17.2 Å². The van der Waals surface area contributed by atoms with E-state index >= 15 is 0 Å². The van der Waals surface area contributed by atoms with Gasteiger partial charge in [0.1, 0.15) is 0 Å². The molecule has 0 saturated heterocycles. The third-order valence-electron chi connectivity index (χ3n) is 1.21. The number of aromatic nitrogens is 2. The summed E-state index contributed by atoms with van der Waals surface area (Å²) in [6.07, 6.45) is 0. The molecule has 0 fully saturated rings. The first-order chi connectivity index (χ1) is 6.29. The zero-order chi connectivity index (χ0) is 11.0. The molecule has 2 N–H and O–H groups in total. The number of anilines is 1. The van der Waals surface area contributed by atoms with Crippen LogP contribution in [0.15, 0.2) is 0 Å². The summed E-state index contributed by atoms with van der Waals surface area (Å²) in [6, 6.07) is 0. The molecule has 80 valence electrons. The first-order valence-electron chi connectivity index (χ1n) is 3.15. The topological polar surface area (TPSA) is 92.2 Å². The number of hydrogen-bond donors (Lipinski definition) is 2. The highest BCUT2D eigenvalue weighted by Gasteiger charge is 2.49. The molecule has 1 aromatic rings. The molecule has 0 aromatic carbocycles. The van der Waals surface area contributed by atoms with Gasteiger partial charge in [0, 0.05) is 7.05 Å². The van der Waals surface area contributed by atoms with Gasteiger partial charge in [-0.05, 0) is 0 Å². The number of halogens is 2. The Morgan fingerprint density at radius 1 is 1.50 bits per heavy atom. The normalized spacial score (nSPS) is 12.9. The van der Waals surface area contributed by atoms with Crippen LogP contribution in [0.1, 0.15) is 5.01 Å². The maximum Gasteiger partial charge on any atom is 0.422 e. The lowest BCUT2D eigenvalue weighted by Gasteiger charge is -2.07. The number of nitrogens with zero attached hydrogens (tertiary/aromatic N) is 2. The summed E-state index contributed by atoms with van der Waals surface area (Å²) in [7, 11) is -4.09. The fraction of sp³-hybridized carbons (Fsp3) is 0.500. The molecular weight excluding hydrogens is 240 g/mol. The fourth-order valence-corrected chi connectivity index (χ4v) is 1.82. The highest BCUT2D eigenvalue weighted by Crippen LogP contribution is 2.35. The Morgan fingerprint density at radius 2 is 2.07 bits per heavy atom. The maximum absolute atomic E-state index is 12.9. The largest absolute Gasteiger partial charge is 0.422 e. The molecule has 0 spiro atoms. The van der Waals surface area contributed by atoms with E-state index in [4.69, 9.17) is 4.55 Å². The van der Waals surface area contributed by atoms with E-state index in [1.165, 1.54) is 7.05 Å². The standard InChI is InChI=1S/C4H5F2N3O3S2/c1-7-3-9-8-2(13-3)4(5,6)14(10,11)12/h1H3,(H,7,9)(H,10,11,12). The van der Waals surface area contributed by atoms with Gasteiger partial charge in [-0.15, -0.1) is 10.2 Å². The van der Waals surface area contributed by atoms with E-state index in [2.05, 4.69) is 15.5 Å². The van der Waals surface area contributed by atoms with Gasteiger partial charge in [0.05, 0.1) is 0 Å². The van der Waals surface area contributed by atoms with Crippen LogP contribution in [-0.2, 0) is 15.4 Å². The van der Waals surface area contributed by atoms with Crippen molar-refractivity contribution >= 4 is 26.6 Å². The second-order valence-electron chi connectivity index (χ2n) is 2.15. The van der Waals surface area contributed by atoms with Crippen molar-refractivity contribution in [1.82, 2.24) is 10.2 Å². The molecule has 14 heavy (non-hydrogen) atoms. The lowest BCUT2D eigenvalue weighted by molar-refractivity contribution is 0.0779. The second-order valence-corrected chi connectivity index (χ2v) is 4.59. The molecule has 0 atom stereocenters. The van der Waals surface area contributed by atoms with Crippen molar-refractivity contribution in [3.8, 4) is 0 Å². The van der Waals surface area contributed by atoms with E-state index in [1.807, 2.05) is 0 Å². The summed E-state index contributed by atoms with van der Waals surface area (Å²) in [4.78, 5) is 0. The number of hydrogen-bond acceptors (Lipinski definition) is 6. The Morgan fingerprint density at radius 3 is 2.43 bits per heavy atom. The van der Waals surface area contributed by atoms with E-state index in [1.54, 1.807) is 0 Å². The Kier molecular flexibility index (Phi) is 2.69. The SMILES string of the molecule is CNc1nnc(C(F)(F)S(=O)(=O)O)s1. The van der Waals surface area contributed by atoms with E-state index in [0.29, 0.717) is 11.3 Å². The van der Waals surface area contributed by atoms with Crippen LogP contribution in [0.5, 0.6) is 0 Å². The van der Waals surface area contributed by atoms with Crippen LogP contribution < -0.4 is 5.32 Å². The summed E-state index contributed by atoms with van der Waals surface area (Å²) < 4.78 is 54.5. The van der Waals surface area contributed by atoms with Gasteiger partial charge in [-0.3, -0.25) is 4.55 Å². The average Bonchev–Trinajstić information content (AvgIpc) is 2.49. The minimum atomic E-state index is -5.50. The van der Waals surface area contributed by atoms with Crippen molar-refractivity contribution in [1.29, 1.82) is 0 Å². The van der Waals surface area contributed by atoms with Crippen molar-refractivity contribution < 1.29 is 21.8 Å². The minimum Gasteiger partial charge on any atom is -0.363 e. The number of alkyl halides is 2. The van der Waals surface area contributed by atoms with Gasteiger partial charge in [-0.1, -0.05) is 11.3 Å². The summed E-state index contributed by atoms with van der Waals surface area (Å²) in [5.41, 5.74) is 0. The fourth-order valence-electron chi connectivity index (χ4n) is 0.552. The van der Waals surface area contributed by atoms with Crippen LogP contribution in [0.25, 0.3) is 0 Å². The minimum absolute atomic E-state index is 0.0309. The molecule has 0 saturated carbocycles. The van der Waals surface area contributed by atoms with Crippen molar-refractivity contribution in [2.24, 2.45) is 0 Å². The smallest absolute Gasteiger partial charge is 0.363 e. The average molecular weight is 245 g/mol. The summed E-state index contributed by atoms with van der Waals surface area (Å²) in [5.74, 6) is 0. The predicted molar refractivity (Wildman–Crippen MR) is 44.9 cm³/mol. The van der Waals surface area contributed by atoms with E-state index < -0.39 is 20.4 Å². The van der Waals surface area contributed by atoms with Crippen LogP contribution in [-0.4, -0.2) is 30.2 Å². The molecule has 1 rings (SSSR count). The van der Waals surface area contributed by atoms with Gasteiger partial charge >= 0.3 is 15.4 Å². The highest BCUT2D eigenvalue weighted by atomic mass is 32.2. The van der Waals surface area contributed by atoms with Gasteiger partial charge in [-0.2, -0.15) is 17.2 Å². The van der Waals surface area contributed by atoms with Crippen molar-refractivity contribution in [2.75, 3.05) is 12.4 Å². The molecule has 1 aromatic heterocycles. The number of rotatable bonds is 3. The van der Waals surface area contributed by atoms with Gasteiger partial charge in [0.25, 0.3) is 0 Å². The van der Waals surface area contributed by atoms with E-state index in [0.717, 1.165) is 0 Å². The molecule has 0 unspecified atom stereocenters. The summed E-state index contributed by atoms with van der Waals surface area (Å²) in [6.45, 7) is 0. The Bertz CT molecular complexity index is 429. The molecule has 1 heterocycles. The predicted octanol–water partition coefficient (Wildman–Crippen LogP) is 0.517. The molecule has 0 aliphatic carbocycles. The van der Waals surface area contributed by atoms with Crippen molar-refractivity contribution in [3.63, 3.8) is 0 Å². The third kappa shape index (κ3) is 1.81. The zero-order valence-corrected chi connectivity index (χ0v) is 8.36. The van der Waals surface area contributed by atoms with E-state index in [-0.39, 0.29) is 5.13 Å². The lowest BCUT2D eigenvalue weighted by atomic mass is 10.7. The Labute approximate surface area is 81.7 Å². The quantitative estimate of drug-likeness (QED) is 0.754. The van der Waals surface area contributed by atoms with Gasteiger partial charge in [0.2, 0.25) is 10.1 Å². The first kappa shape index (κ1) is 11.2. The molecule has 6 nitrogen and oxygen atoms in total. The van der Waals surface area contributed by atoms with Crippen molar-refractivity contribution in [3.05, 3.63) is 5.01 Å². The van der Waals surface area contributed by atoms with Crippen molar-refractivity contribution in [2.45, 2.75) is 5.25 Å². The van der Waals surface area contributed by atoms with Crippen LogP contribution in [0.4, 0.5) is 13.9 Å². The Hall–Kier alpha value is -0.870. The van der Waals surface area contributed by atoms with Crippen LogP contribution >= 0.6 is 11.3 Å². The van der Waals surface area contributed by atoms with Crippen LogP contribution in [0.2, 0.25) is 0 Å². The molecule has 0 aliphatic rings. The molecule has 0 bridgehead atoms. The second kappa shape index (κ2) is 3.37. The molecular formula is C4H5F2N3O3S2. The van der Waals surface area contributed by atoms with Gasteiger partial charge in [-0.25, -0.2) is 0 Å². The van der Waals surface area contributed by atoms with Gasteiger partial charge < -0.3 is 5.32 Å². The Balaban J connectivity index is 3.17. The summed E-state index contributed by atoms with van der Waals surface area (Å²) in [5, 5.41) is 3.10. The number of nitrogens with one attached hydrogen (secondary N) is 1. The highest BCUT2D eigenvalue weighted by molar-refractivity contribution is 7.86. The lowest BCUT2D eigenvalue weighted by Crippen LogP contribution is -2.25. The maximum atomic E-state index is 12.9. The molecule has 0 amide bonds. The monoisotopic (exact) mass is 245 g/mol. The summed E-state index contributed by atoms with van der Waals surface area (Å²) >= 11 is 0.344. The zero-order valence-electron chi connectivity index (χ0n) is 6.73. The molecule has 0 aliphatic heterocycles. The molecule has 10 heteroatoms. The van der Waals surface area contributed by atoms with Crippen LogP contribution in [0, 0.1) is 0 Å². The first-order valence-corrected chi connectivity index (χ1v) is 5.41.